The lowest BCUT2D eigenvalue weighted by atomic mass is 9.96. The maximum atomic E-state index is 8.81. The van der Waals surface area contributed by atoms with E-state index in [9.17, 15) is 0 Å². The molecule has 0 saturated carbocycles. The van der Waals surface area contributed by atoms with Gasteiger partial charge < -0.3 is 0 Å². The Bertz CT molecular complexity index is 395. The smallest absolute Gasteiger partial charge is 0.0873 e. The van der Waals surface area contributed by atoms with E-state index in [1.165, 1.54) is 11.1 Å². The fourth-order valence-electron chi connectivity index (χ4n) is 2.51. The fourth-order valence-corrected chi connectivity index (χ4v) is 2.51. The number of hydrogen-bond donors (Lipinski definition) is 0. The van der Waals surface area contributed by atoms with Crippen LogP contribution in [0.15, 0.2) is 24.3 Å². The van der Waals surface area contributed by atoms with Crippen molar-refractivity contribution in [1.29, 1.82) is 5.26 Å². The first-order valence-electron chi connectivity index (χ1n) is 5.43. The Kier molecular flexibility index (Phi) is 4.35. The molecule has 0 radical (unpaired) electrons. The predicted octanol–water partition coefficient (Wildman–Crippen LogP) is 3.14. The SMILES string of the molecule is CC(C)C1c2ccccc2CN1CC#N.Cl. The van der Waals surface area contributed by atoms with Gasteiger partial charge in [-0.15, -0.1) is 12.4 Å². The zero-order chi connectivity index (χ0) is 10.8. The molecule has 3 heteroatoms. The third-order valence-electron chi connectivity index (χ3n) is 3.05. The first kappa shape index (κ1) is 13.0. The summed E-state index contributed by atoms with van der Waals surface area (Å²) in [6, 6.07) is 11.2. The van der Waals surface area contributed by atoms with Crippen molar-refractivity contribution in [3.8, 4) is 6.07 Å². The highest BCUT2D eigenvalue weighted by atomic mass is 35.5. The maximum absolute atomic E-state index is 8.81. The minimum absolute atomic E-state index is 0. The summed E-state index contributed by atoms with van der Waals surface area (Å²) in [6.45, 7) is 5.89. The lowest BCUT2D eigenvalue weighted by Crippen LogP contribution is -2.26. The van der Waals surface area contributed by atoms with Gasteiger partial charge in [-0.3, -0.25) is 4.90 Å². The quantitative estimate of drug-likeness (QED) is 0.738. The van der Waals surface area contributed by atoms with E-state index >= 15 is 0 Å². The molecule has 16 heavy (non-hydrogen) atoms. The van der Waals surface area contributed by atoms with Crippen LogP contribution >= 0.6 is 12.4 Å². The molecule has 86 valence electrons. The third-order valence-corrected chi connectivity index (χ3v) is 3.05. The second-order valence-electron chi connectivity index (χ2n) is 4.45. The Morgan fingerprint density at radius 3 is 2.75 bits per heavy atom. The summed E-state index contributed by atoms with van der Waals surface area (Å²) in [5.74, 6) is 0.557. The fraction of sp³-hybridized carbons (Fsp3) is 0.462. The summed E-state index contributed by atoms with van der Waals surface area (Å²) in [6.07, 6.45) is 0. The summed E-state index contributed by atoms with van der Waals surface area (Å²) in [7, 11) is 0. The van der Waals surface area contributed by atoms with E-state index < -0.39 is 0 Å². The summed E-state index contributed by atoms with van der Waals surface area (Å²) < 4.78 is 0. The molecule has 1 unspecified atom stereocenters. The third kappa shape index (κ3) is 2.21. The Hall–Kier alpha value is -1.04. The number of nitriles is 1. The second kappa shape index (κ2) is 5.34. The standard InChI is InChI=1S/C13H16N2.ClH/c1-10(2)13-12-6-4-3-5-11(12)9-15(13)8-7-14;/h3-6,10,13H,8-9H2,1-2H3;1H. The molecule has 0 amide bonds. The summed E-state index contributed by atoms with van der Waals surface area (Å²) in [4.78, 5) is 2.26. The first-order chi connectivity index (χ1) is 7.24. The summed E-state index contributed by atoms with van der Waals surface area (Å²) in [5.41, 5.74) is 2.79. The molecule has 0 N–H and O–H groups in total. The van der Waals surface area contributed by atoms with E-state index in [0.29, 0.717) is 18.5 Å². The zero-order valence-electron chi connectivity index (χ0n) is 9.68. The molecular weight excluding hydrogens is 220 g/mol. The Morgan fingerprint density at radius 2 is 2.12 bits per heavy atom. The molecule has 1 heterocycles. The Morgan fingerprint density at radius 1 is 1.44 bits per heavy atom. The number of nitrogens with zero attached hydrogens (tertiary/aromatic N) is 2. The molecule has 0 saturated heterocycles. The molecule has 0 aliphatic carbocycles. The largest absolute Gasteiger partial charge is 0.279 e. The van der Waals surface area contributed by atoms with E-state index in [1.54, 1.807) is 0 Å². The Balaban J connectivity index is 0.00000128. The molecule has 1 aliphatic rings. The highest BCUT2D eigenvalue weighted by Gasteiger charge is 2.31. The van der Waals surface area contributed by atoms with Crippen LogP contribution < -0.4 is 0 Å². The lowest BCUT2D eigenvalue weighted by Gasteiger charge is -2.25. The zero-order valence-corrected chi connectivity index (χ0v) is 10.5. The van der Waals surface area contributed by atoms with Crippen LogP contribution in [-0.2, 0) is 6.54 Å². The summed E-state index contributed by atoms with van der Waals surface area (Å²) >= 11 is 0. The molecule has 2 rings (SSSR count). The minimum atomic E-state index is 0. The van der Waals surface area contributed by atoms with Crippen LogP contribution in [0.2, 0.25) is 0 Å². The second-order valence-corrected chi connectivity index (χ2v) is 4.45. The molecular formula is C13H17ClN2. The average molecular weight is 237 g/mol. The van der Waals surface area contributed by atoms with Crippen molar-refractivity contribution in [3.05, 3.63) is 35.4 Å². The van der Waals surface area contributed by atoms with Crippen LogP contribution in [0.25, 0.3) is 0 Å². The van der Waals surface area contributed by atoms with Crippen LogP contribution in [0.4, 0.5) is 0 Å². The van der Waals surface area contributed by atoms with Gasteiger partial charge in [-0.25, -0.2) is 0 Å². The van der Waals surface area contributed by atoms with Crippen LogP contribution in [0.3, 0.4) is 0 Å². The van der Waals surface area contributed by atoms with Crippen molar-refractivity contribution in [2.75, 3.05) is 6.54 Å². The van der Waals surface area contributed by atoms with Crippen LogP contribution in [0.5, 0.6) is 0 Å². The molecule has 0 bridgehead atoms. The van der Waals surface area contributed by atoms with Gasteiger partial charge in [0.1, 0.15) is 0 Å². The van der Waals surface area contributed by atoms with Gasteiger partial charge in [-0.05, 0) is 17.0 Å². The van der Waals surface area contributed by atoms with Crippen molar-refractivity contribution < 1.29 is 0 Å². The van der Waals surface area contributed by atoms with Gasteiger partial charge in [0, 0.05) is 12.6 Å². The van der Waals surface area contributed by atoms with E-state index in [0.717, 1.165) is 6.54 Å². The maximum Gasteiger partial charge on any atom is 0.0873 e. The van der Waals surface area contributed by atoms with E-state index in [4.69, 9.17) is 5.26 Å². The molecule has 0 spiro atoms. The summed E-state index contributed by atoms with van der Waals surface area (Å²) in [5, 5.41) is 8.81. The highest BCUT2D eigenvalue weighted by Crippen LogP contribution is 2.37. The van der Waals surface area contributed by atoms with E-state index in [2.05, 4.69) is 49.1 Å². The highest BCUT2D eigenvalue weighted by molar-refractivity contribution is 5.85. The number of fused-ring (bicyclic) bond motifs is 1. The molecule has 1 atom stereocenters. The Labute approximate surface area is 103 Å². The predicted molar refractivity (Wildman–Crippen MR) is 67.3 cm³/mol. The van der Waals surface area contributed by atoms with Gasteiger partial charge in [0.05, 0.1) is 12.6 Å². The molecule has 1 aliphatic heterocycles. The number of halogens is 1. The number of benzene rings is 1. The van der Waals surface area contributed by atoms with Gasteiger partial charge in [0.25, 0.3) is 0 Å². The average Bonchev–Trinajstić information content (AvgIpc) is 2.56. The van der Waals surface area contributed by atoms with E-state index in [1.807, 2.05) is 0 Å². The van der Waals surface area contributed by atoms with Crippen molar-refractivity contribution in [2.45, 2.75) is 26.4 Å². The van der Waals surface area contributed by atoms with Crippen LogP contribution in [0.1, 0.15) is 31.0 Å². The van der Waals surface area contributed by atoms with Crippen LogP contribution in [0, 0.1) is 17.2 Å². The normalized spacial score (nSPS) is 19.0. The van der Waals surface area contributed by atoms with Crippen LogP contribution in [-0.4, -0.2) is 11.4 Å². The molecule has 1 aromatic carbocycles. The van der Waals surface area contributed by atoms with Crippen molar-refractivity contribution in [3.63, 3.8) is 0 Å². The van der Waals surface area contributed by atoms with Gasteiger partial charge in [0.15, 0.2) is 0 Å². The minimum Gasteiger partial charge on any atom is -0.279 e. The van der Waals surface area contributed by atoms with Crippen molar-refractivity contribution >= 4 is 12.4 Å². The molecule has 1 aromatic rings. The van der Waals surface area contributed by atoms with Crippen molar-refractivity contribution in [2.24, 2.45) is 5.92 Å². The van der Waals surface area contributed by atoms with Gasteiger partial charge in [-0.1, -0.05) is 38.1 Å². The van der Waals surface area contributed by atoms with E-state index in [-0.39, 0.29) is 12.4 Å². The first-order valence-corrected chi connectivity index (χ1v) is 5.43. The molecule has 0 fully saturated rings. The topological polar surface area (TPSA) is 27.0 Å². The molecule has 0 aromatic heterocycles. The van der Waals surface area contributed by atoms with Gasteiger partial charge in [0.2, 0.25) is 0 Å². The number of hydrogen-bond acceptors (Lipinski definition) is 2. The van der Waals surface area contributed by atoms with Crippen molar-refractivity contribution in [1.82, 2.24) is 4.90 Å². The van der Waals surface area contributed by atoms with Gasteiger partial charge in [-0.2, -0.15) is 5.26 Å². The number of rotatable bonds is 2. The monoisotopic (exact) mass is 236 g/mol. The van der Waals surface area contributed by atoms with Gasteiger partial charge >= 0.3 is 0 Å². The molecule has 2 nitrogen and oxygen atoms in total. The lowest BCUT2D eigenvalue weighted by molar-refractivity contribution is 0.194.